The molecule has 0 aliphatic heterocycles. The molecule has 0 N–H and O–H groups in total. The molecule has 0 saturated carbocycles. The normalized spacial score (nSPS) is 10.2. The lowest BCUT2D eigenvalue weighted by Crippen LogP contribution is -2.06. The predicted molar refractivity (Wildman–Crippen MR) is 68.2 cm³/mol. The van der Waals surface area contributed by atoms with Gasteiger partial charge in [0.1, 0.15) is 17.3 Å². The van der Waals surface area contributed by atoms with E-state index in [9.17, 15) is 4.79 Å². The average molecular weight is 263 g/mol. The van der Waals surface area contributed by atoms with E-state index in [-0.39, 0.29) is 5.78 Å². The monoisotopic (exact) mass is 262 g/mol. The highest BCUT2D eigenvalue weighted by Crippen LogP contribution is 2.25. The molecule has 1 aromatic heterocycles. The molecule has 0 unspecified atom stereocenters. The second kappa shape index (κ2) is 5.14. The first kappa shape index (κ1) is 12.5. The zero-order valence-corrected chi connectivity index (χ0v) is 10.7. The third-order valence-corrected chi connectivity index (χ3v) is 2.73. The van der Waals surface area contributed by atoms with Crippen molar-refractivity contribution in [1.82, 2.24) is 9.97 Å². The Labute approximate surface area is 110 Å². The maximum absolute atomic E-state index is 12.2. The van der Waals surface area contributed by atoms with Crippen molar-refractivity contribution in [3.63, 3.8) is 0 Å². The van der Waals surface area contributed by atoms with Crippen LogP contribution in [0, 0.1) is 6.92 Å². The van der Waals surface area contributed by atoms with Crippen molar-refractivity contribution in [3.05, 3.63) is 52.6 Å². The van der Waals surface area contributed by atoms with Gasteiger partial charge in [-0.3, -0.25) is 4.79 Å². The number of methoxy groups -OCH3 is 1. The molecule has 0 atom stereocenters. The maximum atomic E-state index is 12.2. The number of ether oxygens (including phenoxy) is 1. The summed E-state index contributed by atoms with van der Waals surface area (Å²) in [6.07, 6.45) is 1.56. The molecule has 0 amide bonds. The third-order valence-electron chi connectivity index (χ3n) is 2.42. The average Bonchev–Trinajstić information content (AvgIpc) is 2.38. The van der Waals surface area contributed by atoms with Crippen LogP contribution in [0.5, 0.6) is 5.75 Å². The van der Waals surface area contributed by atoms with Crippen LogP contribution in [0.4, 0.5) is 0 Å². The Hall–Kier alpha value is -1.94. The van der Waals surface area contributed by atoms with Gasteiger partial charge in [0.05, 0.1) is 12.1 Å². The molecule has 1 aromatic carbocycles. The van der Waals surface area contributed by atoms with Gasteiger partial charge in [-0.2, -0.15) is 0 Å². The third kappa shape index (κ3) is 2.49. The number of hydrogen-bond donors (Lipinski definition) is 0. The Bertz CT molecular complexity index is 599. The Morgan fingerprint density at radius 1 is 1.33 bits per heavy atom. The lowest BCUT2D eigenvalue weighted by atomic mass is 10.1. The first-order valence-corrected chi connectivity index (χ1v) is 5.67. The minimum Gasteiger partial charge on any atom is -0.495 e. The summed E-state index contributed by atoms with van der Waals surface area (Å²) < 4.78 is 5.08. The van der Waals surface area contributed by atoms with Crippen LogP contribution in [0.2, 0.25) is 5.02 Å². The van der Waals surface area contributed by atoms with Gasteiger partial charge in [-0.05, 0) is 31.2 Å². The lowest BCUT2D eigenvalue weighted by Gasteiger charge is -2.05. The summed E-state index contributed by atoms with van der Waals surface area (Å²) in [5.41, 5.74) is 0.834. The Kier molecular flexibility index (Phi) is 3.58. The number of ketones is 1. The van der Waals surface area contributed by atoms with Gasteiger partial charge in [0.25, 0.3) is 0 Å². The molecule has 0 bridgehead atoms. The summed E-state index contributed by atoms with van der Waals surface area (Å²) in [6, 6.07) is 6.45. The molecule has 0 spiro atoms. The van der Waals surface area contributed by atoms with Gasteiger partial charge < -0.3 is 4.74 Å². The smallest absolute Gasteiger partial charge is 0.211 e. The number of hydrogen-bond acceptors (Lipinski definition) is 4. The van der Waals surface area contributed by atoms with E-state index in [0.717, 1.165) is 0 Å². The number of carbonyl (C=O) groups is 1. The predicted octanol–water partition coefficient (Wildman–Crippen LogP) is 2.68. The van der Waals surface area contributed by atoms with E-state index in [2.05, 4.69) is 9.97 Å². The summed E-state index contributed by atoms with van der Waals surface area (Å²) in [5.74, 6) is 0.838. The molecule has 18 heavy (non-hydrogen) atoms. The minimum absolute atomic E-state index is 0.185. The van der Waals surface area contributed by atoms with Crippen molar-refractivity contribution >= 4 is 17.4 Å². The van der Waals surface area contributed by atoms with Gasteiger partial charge in [-0.15, -0.1) is 0 Å². The van der Waals surface area contributed by atoms with Crippen molar-refractivity contribution in [2.75, 3.05) is 7.11 Å². The van der Waals surface area contributed by atoms with Crippen LogP contribution >= 0.6 is 11.6 Å². The largest absolute Gasteiger partial charge is 0.495 e. The number of aromatic nitrogens is 2. The molecule has 92 valence electrons. The van der Waals surface area contributed by atoms with Crippen LogP contribution < -0.4 is 4.74 Å². The Balaban J connectivity index is 2.40. The van der Waals surface area contributed by atoms with Crippen molar-refractivity contribution < 1.29 is 9.53 Å². The molecule has 0 aliphatic rings. The van der Waals surface area contributed by atoms with Crippen molar-refractivity contribution in [2.24, 2.45) is 0 Å². The van der Waals surface area contributed by atoms with Gasteiger partial charge in [-0.1, -0.05) is 11.6 Å². The first-order chi connectivity index (χ1) is 8.61. The van der Waals surface area contributed by atoms with Gasteiger partial charge >= 0.3 is 0 Å². The summed E-state index contributed by atoms with van der Waals surface area (Å²) in [7, 11) is 1.50. The molecule has 2 rings (SSSR count). The van der Waals surface area contributed by atoms with Crippen LogP contribution in [-0.4, -0.2) is 22.9 Å². The van der Waals surface area contributed by atoms with Crippen LogP contribution in [0.25, 0.3) is 0 Å². The van der Waals surface area contributed by atoms with E-state index < -0.39 is 0 Å². The highest BCUT2D eigenvalue weighted by atomic mass is 35.5. The van der Waals surface area contributed by atoms with Gasteiger partial charge in [0.2, 0.25) is 5.78 Å². The molecule has 0 radical (unpaired) electrons. The number of aryl methyl sites for hydroxylation is 1. The SMILES string of the molecule is COc1cc(C(=O)c2ccnc(C)n2)ccc1Cl. The highest BCUT2D eigenvalue weighted by Gasteiger charge is 2.13. The molecule has 0 aliphatic carbocycles. The Morgan fingerprint density at radius 2 is 2.11 bits per heavy atom. The second-order valence-corrected chi connectivity index (χ2v) is 4.07. The number of carbonyl (C=O) groups excluding carboxylic acids is 1. The zero-order valence-electron chi connectivity index (χ0n) is 9.98. The number of rotatable bonds is 3. The van der Waals surface area contributed by atoms with Crippen LogP contribution in [0.15, 0.2) is 30.5 Å². The molecular formula is C13H11ClN2O2. The fourth-order valence-corrected chi connectivity index (χ4v) is 1.73. The van der Waals surface area contributed by atoms with E-state index >= 15 is 0 Å². The first-order valence-electron chi connectivity index (χ1n) is 5.29. The van der Waals surface area contributed by atoms with E-state index in [4.69, 9.17) is 16.3 Å². The van der Waals surface area contributed by atoms with Gasteiger partial charge in [-0.25, -0.2) is 9.97 Å². The van der Waals surface area contributed by atoms with Crippen LogP contribution in [-0.2, 0) is 0 Å². The topological polar surface area (TPSA) is 52.1 Å². The molecule has 0 fully saturated rings. The van der Waals surface area contributed by atoms with Crippen molar-refractivity contribution in [2.45, 2.75) is 6.92 Å². The van der Waals surface area contributed by atoms with Crippen LogP contribution in [0.1, 0.15) is 21.9 Å². The molecule has 4 nitrogen and oxygen atoms in total. The zero-order chi connectivity index (χ0) is 13.1. The van der Waals surface area contributed by atoms with E-state index in [1.807, 2.05) is 0 Å². The minimum atomic E-state index is -0.185. The summed E-state index contributed by atoms with van der Waals surface area (Å²) in [6.45, 7) is 1.74. The number of nitrogens with zero attached hydrogens (tertiary/aromatic N) is 2. The molecular weight excluding hydrogens is 252 g/mol. The van der Waals surface area contributed by atoms with Crippen molar-refractivity contribution in [3.8, 4) is 5.75 Å². The van der Waals surface area contributed by atoms with E-state index in [1.54, 1.807) is 37.4 Å². The van der Waals surface area contributed by atoms with Gasteiger partial charge in [0, 0.05) is 11.8 Å². The molecule has 5 heteroatoms. The summed E-state index contributed by atoms with van der Waals surface area (Å²) in [5, 5.41) is 0.466. The number of benzene rings is 1. The Morgan fingerprint density at radius 3 is 2.78 bits per heavy atom. The standard InChI is InChI=1S/C13H11ClN2O2/c1-8-15-6-5-11(16-8)13(17)9-3-4-10(14)12(7-9)18-2/h3-7H,1-2H3. The fourth-order valence-electron chi connectivity index (χ4n) is 1.53. The maximum Gasteiger partial charge on any atom is 0.211 e. The molecule has 0 saturated heterocycles. The second-order valence-electron chi connectivity index (χ2n) is 3.67. The molecule has 1 heterocycles. The fraction of sp³-hybridized carbons (Fsp3) is 0.154. The van der Waals surface area contributed by atoms with Crippen molar-refractivity contribution in [1.29, 1.82) is 0 Å². The van der Waals surface area contributed by atoms with Crippen LogP contribution in [0.3, 0.4) is 0 Å². The lowest BCUT2D eigenvalue weighted by molar-refractivity contribution is 0.103. The quantitative estimate of drug-likeness (QED) is 0.798. The summed E-state index contributed by atoms with van der Waals surface area (Å²) >= 11 is 5.91. The summed E-state index contributed by atoms with van der Waals surface area (Å²) in [4.78, 5) is 20.2. The highest BCUT2D eigenvalue weighted by molar-refractivity contribution is 6.32. The number of halogens is 1. The van der Waals surface area contributed by atoms with E-state index in [1.165, 1.54) is 7.11 Å². The van der Waals surface area contributed by atoms with Gasteiger partial charge in [0.15, 0.2) is 0 Å². The van der Waals surface area contributed by atoms with E-state index in [0.29, 0.717) is 27.9 Å². The molecule has 2 aromatic rings.